The number of nitrogens with zero attached hydrogens (tertiary/aromatic N) is 1. The van der Waals surface area contributed by atoms with Crippen LogP contribution in [0, 0.1) is 6.92 Å². The van der Waals surface area contributed by atoms with Gasteiger partial charge in [-0.2, -0.15) is 0 Å². The average molecular weight is 246 g/mol. The van der Waals surface area contributed by atoms with E-state index in [-0.39, 0.29) is 0 Å². The van der Waals surface area contributed by atoms with Gasteiger partial charge in [0, 0.05) is 46.5 Å². The van der Waals surface area contributed by atoms with E-state index in [4.69, 9.17) is 0 Å². The van der Waals surface area contributed by atoms with Gasteiger partial charge < -0.3 is 5.32 Å². The van der Waals surface area contributed by atoms with E-state index in [0.29, 0.717) is 6.04 Å². The van der Waals surface area contributed by atoms with Gasteiger partial charge in [-0.25, -0.2) is 4.98 Å². The van der Waals surface area contributed by atoms with E-state index in [9.17, 15) is 4.21 Å². The molecule has 0 aliphatic carbocycles. The van der Waals surface area contributed by atoms with Crippen molar-refractivity contribution in [3.8, 4) is 0 Å². The van der Waals surface area contributed by atoms with Gasteiger partial charge in [-0.3, -0.25) is 4.21 Å². The second-order valence-corrected chi connectivity index (χ2v) is 6.57. The minimum Gasteiger partial charge on any atom is -0.309 e. The number of thiazole rings is 1. The van der Waals surface area contributed by atoms with Gasteiger partial charge in [-0.05, 0) is 20.3 Å². The maximum atomic E-state index is 10.9. The average Bonchev–Trinajstić information content (AvgIpc) is 2.58. The van der Waals surface area contributed by atoms with Crippen LogP contribution < -0.4 is 5.32 Å². The molecule has 0 amide bonds. The molecule has 0 saturated carbocycles. The van der Waals surface area contributed by atoms with Gasteiger partial charge in [0.05, 0.1) is 5.01 Å². The van der Waals surface area contributed by atoms with E-state index in [0.717, 1.165) is 23.7 Å². The van der Waals surface area contributed by atoms with Crippen LogP contribution in [0.2, 0.25) is 0 Å². The number of aryl methyl sites for hydroxylation is 1. The first-order valence-corrected chi connectivity index (χ1v) is 7.57. The summed E-state index contributed by atoms with van der Waals surface area (Å²) in [4.78, 5) is 5.46. The molecular formula is C10H18N2OS2. The molecule has 2 unspecified atom stereocenters. The third-order valence-electron chi connectivity index (χ3n) is 2.13. The monoisotopic (exact) mass is 246 g/mol. The highest BCUT2D eigenvalue weighted by Gasteiger charge is 2.04. The molecule has 0 saturated heterocycles. The van der Waals surface area contributed by atoms with Gasteiger partial charge in [0.25, 0.3) is 0 Å². The predicted molar refractivity (Wildman–Crippen MR) is 66.7 cm³/mol. The van der Waals surface area contributed by atoms with Crippen LogP contribution in [0.3, 0.4) is 0 Å². The number of rotatable bonds is 6. The van der Waals surface area contributed by atoms with E-state index in [2.05, 4.69) is 17.2 Å². The molecule has 0 spiro atoms. The summed E-state index contributed by atoms with van der Waals surface area (Å²) in [5.41, 5.74) is 0. The highest BCUT2D eigenvalue weighted by Crippen LogP contribution is 2.11. The Balaban J connectivity index is 2.22. The first kappa shape index (κ1) is 12.8. The molecule has 0 aliphatic rings. The van der Waals surface area contributed by atoms with Crippen LogP contribution >= 0.6 is 11.3 Å². The molecule has 0 fully saturated rings. The van der Waals surface area contributed by atoms with E-state index in [1.54, 1.807) is 17.6 Å². The lowest BCUT2D eigenvalue weighted by Crippen LogP contribution is -2.26. The molecule has 1 aromatic rings. The van der Waals surface area contributed by atoms with E-state index in [1.807, 2.05) is 13.1 Å². The lowest BCUT2D eigenvalue weighted by Gasteiger charge is -2.11. The van der Waals surface area contributed by atoms with Crippen molar-refractivity contribution in [2.75, 3.05) is 12.0 Å². The Bertz CT molecular complexity index is 325. The standard InChI is InChI=1S/C10H18N2OS2/c1-8(4-5-15(3)13)11-6-10-7-12-9(2)14-10/h7-8,11H,4-6H2,1-3H3. The smallest absolute Gasteiger partial charge is 0.0897 e. The van der Waals surface area contributed by atoms with Crippen LogP contribution in [0.5, 0.6) is 0 Å². The zero-order valence-corrected chi connectivity index (χ0v) is 11.1. The summed E-state index contributed by atoms with van der Waals surface area (Å²) >= 11 is 1.72. The Hall–Kier alpha value is -0.260. The quantitative estimate of drug-likeness (QED) is 0.830. The predicted octanol–water partition coefficient (Wildman–Crippen LogP) is 1.70. The maximum absolute atomic E-state index is 10.9. The number of aromatic nitrogens is 1. The van der Waals surface area contributed by atoms with Gasteiger partial charge in [0.1, 0.15) is 0 Å². The summed E-state index contributed by atoms with van der Waals surface area (Å²) in [5, 5.41) is 4.51. The normalized spacial score (nSPS) is 15.1. The molecule has 2 atom stereocenters. The molecule has 1 N–H and O–H groups in total. The van der Waals surface area contributed by atoms with Crippen molar-refractivity contribution in [3.63, 3.8) is 0 Å². The zero-order chi connectivity index (χ0) is 11.3. The molecule has 1 rings (SSSR count). The fourth-order valence-corrected chi connectivity index (χ4v) is 2.64. The highest BCUT2D eigenvalue weighted by atomic mass is 32.2. The molecule has 1 heterocycles. The molecule has 3 nitrogen and oxygen atoms in total. The van der Waals surface area contributed by atoms with Crippen LogP contribution in [-0.4, -0.2) is 27.2 Å². The lowest BCUT2D eigenvalue weighted by molar-refractivity contribution is 0.537. The third kappa shape index (κ3) is 5.39. The first-order chi connectivity index (χ1) is 7.08. The summed E-state index contributed by atoms with van der Waals surface area (Å²) in [5.74, 6) is 0.774. The van der Waals surface area contributed by atoms with E-state index < -0.39 is 10.8 Å². The second kappa shape index (κ2) is 6.35. The Morgan fingerprint density at radius 1 is 1.67 bits per heavy atom. The molecule has 1 aromatic heterocycles. The molecule has 86 valence electrons. The number of hydrogen-bond donors (Lipinski definition) is 1. The van der Waals surface area contributed by atoms with Crippen LogP contribution in [0.15, 0.2) is 6.20 Å². The van der Waals surface area contributed by atoms with Gasteiger partial charge in [-0.1, -0.05) is 0 Å². The summed E-state index contributed by atoms with van der Waals surface area (Å²) in [7, 11) is -0.680. The van der Waals surface area contributed by atoms with E-state index in [1.165, 1.54) is 4.88 Å². The van der Waals surface area contributed by atoms with Crippen molar-refractivity contribution in [1.29, 1.82) is 0 Å². The number of nitrogens with one attached hydrogen (secondary N) is 1. The molecule has 0 aliphatic heterocycles. The Kier molecular flexibility index (Phi) is 5.42. The van der Waals surface area contributed by atoms with Crippen molar-refractivity contribution in [2.24, 2.45) is 0 Å². The lowest BCUT2D eigenvalue weighted by atomic mass is 10.2. The zero-order valence-electron chi connectivity index (χ0n) is 9.45. The molecule has 0 radical (unpaired) electrons. The van der Waals surface area contributed by atoms with Gasteiger partial charge >= 0.3 is 0 Å². The Labute approximate surface area is 97.8 Å². The summed E-state index contributed by atoms with van der Waals surface area (Å²) in [6, 6.07) is 0.413. The van der Waals surface area contributed by atoms with Crippen molar-refractivity contribution >= 4 is 22.1 Å². The maximum Gasteiger partial charge on any atom is 0.0897 e. The van der Waals surface area contributed by atoms with E-state index >= 15 is 0 Å². The molecular weight excluding hydrogens is 228 g/mol. The summed E-state index contributed by atoms with van der Waals surface area (Å²) in [6.07, 6.45) is 4.62. The molecule has 0 bridgehead atoms. The fourth-order valence-electron chi connectivity index (χ4n) is 1.21. The topological polar surface area (TPSA) is 42.0 Å². The highest BCUT2D eigenvalue weighted by molar-refractivity contribution is 7.84. The van der Waals surface area contributed by atoms with Crippen molar-refractivity contribution in [1.82, 2.24) is 10.3 Å². The Morgan fingerprint density at radius 3 is 2.93 bits per heavy atom. The molecule has 5 heteroatoms. The van der Waals surface area contributed by atoms with Crippen LogP contribution in [-0.2, 0) is 17.3 Å². The van der Waals surface area contributed by atoms with Crippen molar-refractivity contribution < 1.29 is 4.21 Å². The van der Waals surface area contributed by atoms with Crippen LogP contribution in [0.4, 0.5) is 0 Å². The Morgan fingerprint density at radius 2 is 2.40 bits per heavy atom. The summed E-state index contributed by atoms with van der Waals surface area (Å²) < 4.78 is 10.9. The number of hydrogen-bond acceptors (Lipinski definition) is 4. The van der Waals surface area contributed by atoms with Crippen molar-refractivity contribution in [2.45, 2.75) is 32.9 Å². The SMILES string of the molecule is Cc1ncc(CNC(C)CCS(C)=O)s1. The minimum absolute atomic E-state index is 0.413. The van der Waals surface area contributed by atoms with Gasteiger partial charge in [0.2, 0.25) is 0 Å². The summed E-state index contributed by atoms with van der Waals surface area (Å²) in [6.45, 7) is 5.00. The van der Waals surface area contributed by atoms with Gasteiger partial charge in [0.15, 0.2) is 0 Å². The third-order valence-corrected chi connectivity index (χ3v) is 3.86. The van der Waals surface area contributed by atoms with Crippen LogP contribution in [0.25, 0.3) is 0 Å². The van der Waals surface area contributed by atoms with Crippen LogP contribution in [0.1, 0.15) is 23.2 Å². The molecule has 0 aromatic carbocycles. The first-order valence-electron chi connectivity index (χ1n) is 5.02. The van der Waals surface area contributed by atoms with Gasteiger partial charge in [-0.15, -0.1) is 11.3 Å². The fraction of sp³-hybridized carbons (Fsp3) is 0.700. The van der Waals surface area contributed by atoms with Crippen molar-refractivity contribution in [3.05, 3.63) is 16.1 Å². The minimum atomic E-state index is -0.680. The largest absolute Gasteiger partial charge is 0.309 e. The second-order valence-electron chi connectivity index (χ2n) is 3.69. The molecule has 15 heavy (non-hydrogen) atoms.